The molecule has 27 heavy (non-hydrogen) atoms. The predicted molar refractivity (Wildman–Crippen MR) is 101 cm³/mol. The third-order valence-corrected chi connectivity index (χ3v) is 6.08. The zero-order chi connectivity index (χ0) is 18.6. The van der Waals surface area contributed by atoms with Gasteiger partial charge in [0.2, 0.25) is 0 Å². The summed E-state index contributed by atoms with van der Waals surface area (Å²) in [6, 6.07) is 9.69. The minimum absolute atomic E-state index is 0.474. The lowest BCUT2D eigenvalue weighted by molar-refractivity contribution is -0.137. The lowest BCUT2D eigenvalue weighted by Crippen LogP contribution is -2.41. The van der Waals surface area contributed by atoms with Crippen LogP contribution in [0.5, 0.6) is 0 Å². The van der Waals surface area contributed by atoms with E-state index < -0.39 is 11.7 Å². The molecule has 0 aromatic heterocycles. The normalized spacial score (nSPS) is 23.7. The van der Waals surface area contributed by atoms with Crippen molar-refractivity contribution in [1.82, 2.24) is 5.32 Å². The summed E-state index contributed by atoms with van der Waals surface area (Å²) < 4.78 is 39.0. The van der Waals surface area contributed by atoms with Crippen molar-refractivity contribution >= 4 is 17.1 Å². The van der Waals surface area contributed by atoms with Gasteiger partial charge in [-0.2, -0.15) is 13.2 Å². The van der Waals surface area contributed by atoms with Crippen molar-refractivity contribution in [2.45, 2.75) is 24.9 Å². The Kier molecular flexibility index (Phi) is 3.86. The molecule has 3 aliphatic rings. The highest BCUT2D eigenvalue weighted by Gasteiger charge is 2.39. The number of fused-ring (bicyclic) bond motifs is 2. The summed E-state index contributed by atoms with van der Waals surface area (Å²) in [5.41, 5.74) is 4.78. The molecule has 2 N–H and O–H groups in total. The van der Waals surface area contributed by atoms with Crippen LogP contribution in [0.25, 0.3) is 0 Å². The fourth-order valence-corrected chi connectivity index (χ4v) is 4.92. The number of alkyl halides is 3. The Morgan fingerprint density at radius 3 is 2.81 bits per heavy atom. The Morgan fingerprint density at radius 1 is 1.07 bits per heavy atom. The standard InChI is InChI=1S/C21H22F3N3/c22-21(23,24)15-4-1-5-16(8-15)26-17-7-13-3-2-6-27-12-14-10-25-11-19(14)18(9-17)20(13)27/h1,4-5,7-9,14,19,25-26H,2-3,6,10-12H2. The van der Waals surface area contributed by atoms with E-state index >= 15 is 0 Å². The second kappa shape index (κ2) is 6.16. The lowest BCUT2D eigenvalue weighted by atomic mass is 9.80. The predicted octanol–water partition coefficient (Wildman–Crippen LogP) is 4.52. The molecule has 0 aliphatic carbocycles. The number of halogens is 3. The van der Waals surface area contributed by atoms with Crippen LogP contribution in [0.3, 0.4) is 0 Å². The van der Waals surface area contributed by atoms with Crippen LogP contribution in [0.1, 0.15) is 29.0 Å². The van der Waals surface area contributed by atoms with E-state index in [2.05, 4.69) is 27.7 Å². The summed E-state index contributed by atoms with van der Waals surface area (Å²) in [5, 5.41) is 6.73. The molecule has 0 bridgehead atoms. The minimum atomic E-state index is -4.33. The molecule has 2 aromatic carbocycles. The van der Waals surface area contributed by atoms with Crippen LogP contribution in [0, 0.1) is 5.92 Å². The molecule has 1 saturated heterocycles. The van der Waals surface area contributed by atoms with Crippen molar-refractivity contribution in [3.8, 4) is 0 Å². The molecular weight excluding hydrogens is 351 g/mol. The van der Waals surface area contributed by atoms with Crippen LogP contribution in [-0.4, -0.2) is 26.2 Å². The van der Waals surface area contributed by atoms with E-state index in [9.17, 15) is 13.2 Å². The summed E-state index contributed by atoms with van der Waals surface area (Å²) in [6.07, 6.45) is -2.17. The highest BCUT2D eigenvalue weighted by atomic mass is 19.4. The first kappa shape index (κ1) is 16.9. The molecule has 5 rings (SSSR count). The van der Waals surface area contributed by atoms with Gasteiger partial charge in [-0.25, -0.2) is 0 Å². The van der Waals surface area contributed by atoms with Gasteiger partial charge in [0.25, 0.3) is 0 Å². The molecule has 3 heterocycles. The molecular formula is C21H22F3N3. The monoisotopic (exact) mass is 373 g/mol. The van der Waals surface area contributed by atoms with Crippen LogP contribution in [0.4, 0.5) is 30.2 Å². The maximum atomic E-state index is 13.0. The number of rotatable bonds is 2. The molecule has 0 saturated carbocycles. The molecule has 142 valence electrons. The highest BCUT2D eigenvalue weighted by molar-refractivity contribution is 5.73. The summed E-state index contributed by atoms with van der Waals surface area (Å²) in [7, 11) is 0. The maximum Gasteiger partial charge on any atom is 0.416 e. The van der Waals surface area contributed by atoms with Gasteiger partial charge in [-0.1, -0.05) is 6.07 Å². The first-order valence-electron chi connectivity index (χ1n) is 9.56. The fourth-order valence-electron chi connectivity index (χ4n) is 4.92. The third-order valence-electron chi connectivity index (χ3n) is 6.08. The van der Waals surface area contributed by atoms with E-state index in [0.717, 1.165) is 50.8 Å². The van der Waals surface area contributed by atoms with Crippen molar-refractivity contribution in [1.29, 1.82) is 0 Å². The summed E-state index contributed by atoms with van der Waals surface area (Å²) in [4.78, 5) is 2.51. The van der Waals surface area contributed by atoms with Crippen LogP contribution in [0.2, 0.25) is 0 Å². The number of hydrogen-bond acceptors (Lipinski definition) is 3. The number of hydrogen-bond donors (Lipinski definition) is 2. The van der Waals surface area contributed by atoms with Gasteiger partial charge in [0.05, 0.1) is 5.56 Å². The van der Waals surface area contributed by atoms with E-state index in [1.807, 2.05) is 0 Å². The summed E-state index contributed by atoms with van der Waals surface area (Å²) >= 11 is 0. The van der Waals surface area contributed by atoms with Crippen molar-refractivity contribution in [2.75, 3.05) is 36.4 Å². The van der Waals surface area contributed by atoms with Crippen LogP contribution in [-0.2, 0) is 12.6 Å². The van der Waals surface area contributed by atoms with Gasteiger partial charge >= 0.3 is 6.18 Å². The number of aryl methyl sites for hydroxylation is 1. The van der Waals surface area contributed by atoms with Crippen LogP contribution in [0.15, 0.2) is 36.4 Å². The molecule has 0 radical (unpaired) electrons. The second-order valence-corrected chi connectivity index (χ2v) is 7.85. The zero-order valence-electron chi connectivity index (χ0n) is 14.9. The Labute approximate surface area is 156 Å². The Morgan fingerprint density at radius 2 is 1.96 bits per heavy atom. The lowest BCUT2D eigenvalue weighted by Gasteiger charge is -2.42. The smallest absolute Gasteiger partial charge is 0.371 e. The van der Waals surface area contributed by atoms with Gasteiger partial charge in [0.1, 0.15) is 0 Å². The van der Waals surface area contributed by atoms with Crippen molar-refractivity contribution in [2.24, 2.45) is 5.92 Å². The molecule has 6 heteroatoms. The SMILES string of the molecule is FC(F)(F)c1cccc(Nc2cc3c4c(c2)C2CNCC2CN4CCC3)c1. The highest BCUT2D eigenvalue weighted by Crippen LogP contribution is 2.46. The van der Waals surface area contributed by atoms with E-state index in [4.69, 9.17) is 0 Å². The number of benzene rings is 2. The Balaban J connectivity index is 1.53. The van der Waals surface area contributed by atoms with Gasteiger partial charge in [0, 0.05) is 49.2 Å². The Bertz CT molecular complexity index is 877. The molecule has 2 atom stereocenters. The maximum absolute atomic E-state index is 13.0. The third kappa shape index (κ3) is 2.96. The van der Waals surface area contributed by atoms with E-state index in [1.54, 1.807) is 6.07 Å². The van der Waals surface area contributed by atoms with Gasteiger partial charge in [0.15, 0.2) is 0 Å². The average molecular weight is 373 g/mol. The van der Waals surface area contributed by atoms with E-state index in [0.29, 0.717) is 17.5 Å². The van der Waals surface area contributed by atoms with E-state index in [1.165, 1.54) is 28.9 Å². The quantitative estimate of drug-likeness (QED) is 0.811. The topological polar surface area (TPSA) is 27.3 Å². The molecule has 2 aromatic rings. The van der Waals surface area contributed by atoms with Gasteiger partial charge in [-0.3, -0.25) is 0 Å². The first-order valence-corrected chi connectivity index (χ1v) is 9.56. The summed E-state index contributed by atoms with van der Waals surface area (Å²) in [5.74, 6) is 1.11. The fraction of sp³-hybridized carbons (Fsp3) is 0.429. The zero-order valence-corrected chi connectivity index (χ0v) is 14.9. The van der Waals surface area contributed by atoms with Gasteiger partial charge in [-0.15, -0.1) is 0 Å². The number of nitrogens with one attached hydrogen (secondary N) is 2. The van der Waals surface area contributed by atoms with Gasteiger partial charge in [-0.05, 0) is 60.2 Å². The number of anilines is 3. The average Bonchev–Trinajstić information content (AvgIpc) is 3.10. The molecule has 3 nitrogen and oxygen atoms in total. The minimum Gasteiger partial charge on any atom is -0.371 e. The van der Waals surface area contributed by atoms with Gasteiger partial charge < -0.3 is 15.5 Å². The summed E-state index contributed by atoms with van der Waals surface area (Å²) in [6.45, 7) is 4.24. The largest absolute Gasteiger partial charge is 0.416 e. The number of nitrogens with zero attached hydrogens (tertiary/aromatic N) is 1. The van der Waals surface area contributed by atoms with E-state index in [-0.39, 0.29) is 0 Å². The van der Waals surface area contributed by atoms with Crippen molar-refractivity contribution in [3.63, 3.8) is 0 Å². The molecule has 0 amide bonds. The molecule has 1 fully saturated rings. The molecule has 3 aliphatic heterocycles. The van der Waals surface area contributed by atoms with Crippen molar-refractivity contribution in [3.05, 3.63) is 53.1 Å². The van der Waals surface area contributed by atoms with Crippen LogP contribution < -0.4 is 15.5 Å². The van der Waals surface area contributed by atoms with Crippen LogP contribution >= 0.6 is 0 Å². The molecule has 0 spiro atoms. The second-order valence-electron chi connectivity index (χ2n) is 7.85. The molecule has 2 unspecified atom stereocenters. The Hall–Kier alpha value is -2.21. The van der Waals surface area contributed by atoms with Crippen molar-refractivity contribution < 1.29 is 13.2 Å². The first-order chi connectivity index (χ1) is 13.0.